The predicted octanol–water partition coefficient (Wildman–Crippen LogP) is 1.25. The first-order valence-corrected chi connectivity index (χ1v) is 8.89. The average molecular weight is 343 g/mol. The molecule has 2 N–H and O–H groups in total. The van der Waals surface area contributed by atoms with Gasteiger partial charge in [0.15, 0.2) is 0 Å². The number of hydrogen-bond acceptors (Lipinski definition) is 3. The van der Waals surface area contributed by atoms with Gasteiger partial charge >= 0.3 is 0 Å². The summed E-state index contributed by atoms with van der Waals surface area (Å²) in [6.45, 7) is 3.23. The summed E-state index contributed by atoms with van der Waals surface area (Å²) in [6.07, 6.45) is 2.60. The highest BCUT2D eigenvalue weighted by atomic mass is 16.2. The van der Waals surface area contributed by atoms with Gasteiger partial charge in [-0.1, -0.05) is 24.3 Å². The number of hydrogen-bond donors (Lipinski definition) is 1. The molecule has 1 fully saturated rings. The number of amides is 3. The summed E-state index contributed by atoms with van der Waals surface area (Å²) >= 11 is 0. The van der Waals surface area contributed by atoms with Crippen molar-refractivity contribution in [2.45, 2.75) is 38.6 Å². The van der Waals surface area contributed by atoms with Crippen LogP contribution >= 0.6 is 0 Å². The van der Waals surface area contributed by atoms with Crippen molar-refractivity contribution in [3.63, 3.8) is 0 Å². The fourth-order valence-electron chi connectivity index (χ4n) is 3.98. The van der Waals surface area contributed by atoms with Crippen molar-refractivity contribution in [1.82, 2.24) is 9.80 Å². The SMILES string of the molecule is CC(=O)N1CCc2ccccc2C1CC(=O)N1CCCC(C(N)=O)C1. The maximum atomic E-state index is 12.8. The monoisotopic (exact) mass is 343 g/mol. The third-order valence-electron chi connectivity index (χ3n) is 5.36. The maximum absolute atomic E-state index is 12.8. The highest BCUT2D eigenvalue weighted by Crippen LogP contribution is 2.33. The van der Waals surface area contributed by atoms with Crippen LogP contribution in [0.3, 0.4) is 0 Å². The van der Waals surface area contributed by atoms with E-state index in [1.165, 1.54) is 5.56 Å². The Morgan fingerprint density at radius 2 is 1.96 bits per heavy atom. The number of fused-ring (bicyclic) bond motifs is 1. The standard InChI is InChI=1S/C19H25N3O3/c1-13(23)22-10-8-14-5-2-3-7-16(14)17(22)11-18(24)21-9-4-6-15(12-21)19(20)25/h2-3,5,7,15,17H,4,6,8-12H2,1H3,(H2,20,25). The van der Waals surface area contributed by atoms with E-state index >= 15 is 0 Å². The number of piperidine rings is 1. The smallest absolute Gasteiger partial charge is 0.225 e. The molecule has 134 valence electrons. The van der Waals surface area contributed by atoms with E-state index < -0.39 is 0 Å². The van der Waals surface area contributed by atoms with Crippen molar-refractivity contribution in [2.24, 2.45) is 11.7 Å². The number of nitrogens with zero attached hydrogens (tertiary/aromatic N) is 2. The molecule has 25 heavy (non-hydrogen) atoms. The van der Waals surface area contributed by atoms with Crippen molar-refractivity contribution < 1.29 is 14.4 Å². The molecule has 2 unspecified atom stereocenters. The minimum Gasteiger partial charge on any atom is -0.369 e. The lowest BCUT2D eigenvalue weighted by Gasteiger charge is -2.38. The molecule has 0 spiro atoms. The van der Waals surface area contributed by atoms with Gasteiger partial charge in [-0.15, -0.1) is 0 Å². The van der Waals surface area contributed by atoms with Gasteiger partial charge < -0.3 is 15.5 Å². The normalized spacial score (nSPS) is 23.1. The number of carbonyl (C=O) groups is 3. The Labute approximate surface area is 148 Å². The van der Waals surface area contributed by atoms with Crippen LogP contribution in [0, 0.1) is 5.92 Å². The molecule has 2 heterocycles. The zero-order chi connectivity index (χ0) is 18.0. The Morgan fingerprint density at radius 3 is 2.68 bits per heavy atom. The van der Waals surface area contributed by atoms with Crippen LogP contribution in [0.15, 0.2) is 24.3 Å². The maximum Gasteiger partial charge on any atom is 0.225 e. The Balaban J connectivity index is 1.78. The molecule has 6 heteroatoms. The quantitative estimate of drug-likeness (QED) is 0.896. The largest absolute Gasteiger partial charge is 0.369 e. The third-order valence-corrected chi connectivity index (χ3v) is 5.36. The lowest BCUT2D eigenvalue weighted by Crippen LogP contribution is -2.46. The summed E-state index contributed by atoms with van der Waals surface area (Å²) in [5, 5.41) is 0. The summed E-state index contributed by atoms with van der Waals surface area (Å²) in [5.41, 5.74) is 7.67. The van der Waals surface area contributed by atoms with E-state index in [0.717, 1.165) is 24.8 Å². The molecule has 0 saturated carbocycles. The number of benzene rings is 1. The minimum absolute atomic E-state index is 0.0130. The molecule has 1 aromatic rings. The van der Waals surface area contributed by atoms with E-state index in [-0.39, 0.29) is 36.1 Å². The van der Waals surface area contributed by atoms with Gasteiger partial charge in [-0.05, 0) is 30.4 Å². The molecular formula is C19H25N3O3. The van der Waals surface area contributed by atoms with Crippen LogP contribution in [0.1, 0.15) is 43.4 Å². The van der Waals surface area contributed by atoms with Crippen molar-refractivity contribution in [1.29, 1.82) is 0 Å². The lowest BCUT2D eigenvalue weighted by atomic mass is 9.89. The van der Waals surface area contributed by atoms with E-state index in [0.29, 0.717) is 19.6 Å². The molecule has 6 nitrogen and oxygen atoms in total. The van der Waals surface area contributed by atoms with Gasteiger partial charge in [0.2, 0.25) is 17.7 Å². The molecule has 1 aromatic carbocycles. The highest BCUT2D eigenvalue weighted by molar-refractivity contribution is 5.82. The second kappa shape index (κ2) is 7.25. The van der Waals surface area contributed by atoms with Crippen LogP contribution in [0.5, 0.6) is 0 Å². The Kier molecular flexibility index (Phi) is 5.06. The highest BCUT2D eigenvalue weighted by Gasteiger charge is 2.33. The van der Waals surface area contributed by atoms with E-state index in [4.69, 9.17) is 5.73 Å². The number of nitrogens with two attached hydrogens (primary N) is 1. The summed E-state index contributed by atoms with van der Waals surface area (Å²) < 4.78 is 0. The molecule has 0 bridgehead atoms. The van der Waals surface area contributed by atoms with Crippen LogP contribution in [0.25, 0.3) is 0 Å². The summed E-state index contributed by atoms with van der Waals surface area (Å²) in [7, 11) is 0. The van der Waals surface area contributed by atoms with Crippen LogP contribution in [-0.4, -0.2) is 47.2 Å². The second-order valence-corrected chi connectivity index (χ2v) is 6.96. The molecule has 0 radical (unpaired) electrons. The van der Waals surface area contributed by atoms with E-state index in [2.05, 4.69) is 6.07 Å². The van der Waals surface area contributed by atoms with Crippen LogP contribution < -0.4 is 5.73 Å². The van der Waals surface area contributed by atoms with E-state index in [1.54, 1.807) is 16.7 Å². The number of rotatable bonds is 3. The molecule has 0 aromatic heterocycles. The predicted molar refractivity (Wildman–Crippen MR) is 93.4 cm³/mol. The fraction of sp³-hybridized carbons (Fsp3) is 0.526. The van der Waals surface area contributed by atoms with Crippen LogP contribution in [0.2, 0.25) is 0 Å². The minimum atomic E-state index is -0.342. The molecule has 2 aliphatic rings. The van der Waals surface area contributed by atoms with E-state index in [1.807, 2.05) is 18.2 Å². The first kappa shape index (κ1) is 17.5. The molecular weight excluding hydrogens is 318 g/mol. The summed E-state index contributed by atoms with van der Waals surface area (Å²) in [4.78, 5) is 39.9. The zero-order valence-corrected chi connectivity index (χ0v) is 14.6. The molecule has 3 rings (SSSR count). The number of primary amides is 1. The van der Waals surface area contributed by atoms with Gasteiger partial charge in [0, 0.05) is 26.6 Å². The molecule has 1 saturated heterocycles. The zero-order valence-electron chi connectivity index (χ0n) is 14.6. The van der Waals surface area contributed by atoms with Gasteiger partial charge in [-0.25, -0.2) is 0 Å². The molecule has 0 aliphatic carbocycles. The van der Waals surface area contributed by atoms with Gasteiger partial charge in [0.1, 0.15) is 0 Å². The topological polar surface area (TPSA) is 83.7 Å². The van der Waals surface area contributed by atoms with Gasteiger partial charge in [0.05, 0.1) is 18.4 Å². The van der Waals surface area contributed by atoms with Gasteiger partial charge in [-0.3, -0.25) is 14.4 Å². The first-order chi connectivity index (χ1) is 12.0. The van der Waals surface area contributed by atoms with Crippen LogP contribution in [-0.2, 0) is 20.8 Å². The number of carbonyl (C=O) groups excluding carboxylic acids is 3. The number of likely N-dealkylation sites (tertiary alicyclic amines) is 1. The summed E-state index contributed by atoms with van der Waals surface area (Å²) in [5.74, 6) is -0.633. The first-order valence-electron chi connectivity index (χ1n) is 8.89. The Bertz CT molecular complexity index is 688. The molecule has 2 atom stereocenters. The average Bonchev–Trinajstić information content (AvgIpc) is 2.61. The van der Waals surface area contributed by atoms with Crippen LogP contribution in [0.4, 0.5) is 0 Å². The Hall–Kier alpha value is -2.37. The fourth-order valence-corrected chi connectivity index (χ4v) is 3.98. The Morgan fingerprint density at radius 1 is 1.20 bits per heavy atom. The van der Waals surface area contributed by atoms with Crippen molar-refractivity contribution in [2.75, 3.05) is 19.6 Å². The van der Waals surface area contributed by atoms with Gasteiger partial charge in [0.25, 0.3) is 0 Å². The van der Waals surface area contributed by atoms with E-state index in [9.17, 15) is 14.4 Å². The molecule has 2 aliphatic heterocycles. The van der Waals surface area contributed by atoms with Crippen molar-refractivity contribution in [3.05, 3.63) is 35.4 Å². The van der Waals surface area contributed by atoms with Crippen molar-refractivity contribution >= 4 is 17.7 Å². The summed E-state index contributed by atoms with van der Waals surface area (Å²) in [6, 6.07) is 7.77. The lowest BCUT2D eigenvalue weighted by molar-refractivity contribution is -0.138. The molecule has 3 amide bonds. The van der Waals surface area contributed by atoms with Gasteiger partial charge in [-0.2, -0.15) is 0 Å². The van der Waals surface area contributed by atoms with Crippen molar-refractivity contribution in [3.8, 4) is 0 Å². The second-order valence-electron chi connectivity index (χ2n) is 6.96. The third kappa shape index (κ3) is 3.67.